The van der Waals surface area contributed by atoms with Gasteiger partial charge in [-0.3, -0.25) is 19.4 Å². The van der Waals surface area contributed by atoms with Gasteiger partial charge in [0, 0.05) is 0 Å². The number of ether oxygens (including phenoxy) is 1. The third-order valence-electron chi connectivity index (χ3n) is 4.95. The van der Waals surface area contributed by atoms with E-state index in [1.54, 1.807) is 60.7 Å². The molecule has 10 heteroatoms. The number of carboxylic acids is 1. The zero-order chi connectivity index (χ0) is 25.1. The summed E-state index contributed by atoms with van der Waals surface area (Å²) in [6, 6.07) is 21.3. The van der Waals surface area contributed by atoms with E-state index in [-0.39, 0.29) is 10.7 Å². The van der Waals surface area contributed by atoms with Gasteiger partial charge in [-0.25, -0.2) is 4.79 Å². The van der Waals surface area contributed by atoms with Gasteiger partial charge in [0.15, 0.2) is 11.7 Å². The van der Waals surface area contributed by atoms with Crippen LogP contribution in [0.2, 0.25) is 0 Å². The van der Waals surface area contributed by atoms with Crippen molar-refractivity contribution in [3.05, 3.63) is 91.1 Å². The topological polar surface area (TPSA) is 87.2 Å². The average Bonchev–Trinajstić information content (AvgIpc) is 2.82. The molecule has 0 unspecified atom stereocenters. The molecule has 176 valence electrons. The molecule has 1 aliphatic heterocycles. The summed E-state index contributed by atoms with van der Waals surface area (Å²) < 4.78 is 6.67. The first-order valence-electron chi connectivity index (χ1n) is 10.2. The van der Waals surface area contributed by atoms with Crippen molar-refractivity contribution in [3.63, 3.8) is 0 Å². The van der Waals surface area contributed by atoms with Gasteiger partial charge >= 0.3 is 5.97 Å². The molecule has 0 aliphatic carbocycles. The molecular formula is C25H16I2N2O5S. The molecule has 1 fully saturated rings. The molecule has 1 saturated heterocycles. The molecule has 0 atom stereocenters. The fourth-order valence-corrected chi connectivity index (χ4v) is 5.94. The van der Waals surface area contributed by atoms with Gasteiger partial charge in [0.25, 0.3) is 11.8 Å². The van der Waals surface area contributed by atoms with E-state index in [1.807, 2.05) is 57.3 Å². The summed E-state index contributed by atoms with van der Waals surface area (Å²) >= 11 is 9.67. The highest BCUT2D eigenvalue weighted by Gasteiger charge is 2.41. The maximum Gasteiger partial charge on any atom is 0.341 e. The first-order valence-corrected chi connectivity index (χ1v) is 12.7. The number of rotatable bonds is 6. The van der Waals surface area contributed by atoms with Crippen LogP contribution in [-0.4, -0.2) is 34.6 Å². The van der Waals surface area contributed by atoms with Crippen LogP contribution in [0.3, 0.4) is 0 Å². The van der Waals surface area contributed by atoms with Gasteiger partial charge in [-0.05, 0) is 105 Å². The van der Waals surface area contributed by atoms with Crippen molar-refractivity contribution >= 4 is 97.7 Å². The molecule has 4 rings (SSSR count). The van der Waals surface area contributed by atoms with E-state index < -0.39 is 24.4 Å². The number of thiocarbonyl (C=S) groups is 1. The highest BCUT2D eigenvalue weighted by molar-refractivity contribution is 14.1. The number of para-hydroxylation sites is 2. The maximum atomic E-state index is 13.6. The highest BCUT2D eigenvalue weighted by Crippen LogP contribution is 2.32. The average molecular weight is 710 g/mol. The second-order valence-electron chi connectivity index (χ2n) is 7.29. The number of carbonyl (C=O) groups is 3. The summed E-state index contributed by atoms with van der Waals surface area (Å²) in [5.74, 6) is -1.72. The number of anilines is 2. The monoisotopic (exact) mass is 710 g/mol. The van der Waals surface area contributed by atoms with Crippen LogP contribution in [0.4, 0.5) is 11.4 Å². The van der Waals surface area contributed by atoms with Crippen molar-refractivity contribution in [2.75, 3.05) is 16.4 Å². The van der Waals surface area contributed by atoms with Crippen molar-refractivity contribution in [1.82, 2.24) is 0 Å². The number of benzene rings is 3. The molecule has 1 heterocycles. The molecule has 35 heavy (non-hydrogen) atoms. The minimum Gasteiger partial charge on any atom is -0.480 e. The first kappa shape index (κ1) is 25.3. The Balaban J connectivity index is 1.81. The molecular weight excluding hydrogens is 694 g/mol. The van der Waals surface area contributed by atoms with Gasteiger partial charge in [0.1, 0.15) is 11.3 Å². The molecule has 0 radical (unpaired) electrons. The van der Waals surface area contributed by atoms with E-state index in [0.717, 1.165) is 0 Å². The predicted molar refractivity (Wildman–Crippen MR) is 153 cm³/mol. The summed E-state index contributed by atoms with van der Waals surface area (Å²) in [5.41, 5.74) is 1.62. The minimum absolute atomic E-state index is 0.0582. The van der Waals surface area contributed by atoms with Crippen LogP contribution in [0.1, 0.15) is 5.56 Å². The van der Waals surface area contributed by atoms with E-state index in [9.17, 15) is 14.4 Å². The smallest absolute Gasteiger partial charge is 0.341 e. The van der Waals surface area contributed by atoms with Gasteiger partial charge in [-0.2, -0.15) is 0 Å². The number of carbonyl (C=O) groups excluding carboxylic acids is 2. The normalized spacial score (nSPS) is 13.8. The lowest BCUT2D eigenvalue weighted by molar-refractivity contribution is -0.139. The van der Waals surface area contributed by atoms with Gasteiger partial charge in [-0.1, -0.05) is 36.4 Å². The van der Waals surface area contributed by atoms with Crippen molar-refractivity contribution < 1.29 is 24.2 Å². The van der Waals surface area contributed by atoms with Gasteiger partial charge in [0.2, 0.25) is 0 Å². The zero-order valence-corrected chi connectivity index (χ0v) is 23.0. The molecule has 7 nitrogen and oxygen atoms in total. The third kappa shape index (κ3) is 5.38. The molecule has 0 bridgehead atoms. The lowest BCUT2D eigenvalue weighted by Gasteiger charge is -2.36. The second-order valence-corrected chi connectivity index (χ2v) is 9.98. The molecule has 3 aromatic carbocycles. The number of aliphatic carboxylic acids is 1. The Morgan fingerprint density at radius 1 is 0.886 bits per heavy atom. The Labute approximate surface area is 233 Å². The van der Waals surface area contributed by atoms with E-state index in [1.165, 1.54) is 15.9 Å². The Bertz CT molecular complexity index is 1280. The Morgan fingerprint density at radius 2 is 1.34 bits per heavy atom. The molecule has 2 amide bonds. The van der Waals surface area contributed by atoms with Crippen molar-refractivity contribution in [2.45, 2.75) is 0 Å². The maximum absolute atomic E-state index is 13.6. The number of halogens is 2. The van der Waals surface area contributed by atoms with Crippen LogP contribution in [0, 0.1) is 7.14 Å². The number of carboxylic acid groups (broad SMARTS) is 1. The highest BCUT2D eigenvalue weighted by atomic mass is 127. The van der Waals surface area contributed by atoms with Crippen LogP contribution < -0.4 is 14.5 Å². The standard InChI is InChI=1S/C25H16I2N2O5S/c26-19-12-15(13-20(27)22(19)34-14-21(30)31)11-18-23(32)28(16-7-3-1-4-8-16)25(35)29(24(18)33)17-9-5-2-6-10-17/h1-13H,14H2,(H,30,31). The Morgan fingerprint density at radius 3 is 1.77 bits per heavy atom. The van der Waals surface area contributed by atoms with Crippen molar-refractivity contribution in [2.24, 2.45) is 0 Å². The van der Waals surface area contributed by atoms with Gasteiger partial charge < -0.3 is 9.84 Å². The van der Waals surface area contributed by atoms with Crippen molar-refractivity contribution in [1.29, 1.82) is 0 Å². The summed E-state index contributed by atoms with van der Waals surface area (Å²) in [4.78, 5) is 40.7. The molecule has 0 saturated carbocycles. The number of amides is 2. The zero-order valence-electron chi connectivity index (χ0n) is 17.9. The summed E-state index contributed by atoms with van der Waals surface area (Å²) in [6.45, 7) is -0.473. The number of nitrogens with zero attached hydrogens (tertiary/aromatic N) is 2. The molecule has 3 aromatic rings. The molecule has 0 spiro atoms. The summed E-state index contributed by atoms with van der Waals surface area (Å²) in [6.07, 6.45) is 1.52. The van der Waals surface area contributed by atoms with E-state index in [4.69, 9.17) is 22.1 Å². The molecule has 0 aromatic heterocycles. The lowest BCUT2D eigenvalue weighted by Crippen LogP contribution is -2.56. The van der Waals surface area contributed by atoms with Crippen LogP contribution in [0.25, 0.3) is 6.08 Å². The quantitative estimate of drug-likeness (QED) is 0.166. The van der Waals surface area contributed by atoms with E-state index >= 15 is 0 Å². The first-order chi connectivity index (χ1) is 16.8. The van der Waals surface area contributed by atoms with Crippen LogP contribution in [0.5, 0.6) is 5.75 Å². The summed E-state index contributed by atoms with van der Waals surface area (Å²) in [5, 5.41) is 8.98. The number of hydrogen-bond donors (Lipinski definition) is 1. The van der Waals surface area contributed by atoms with Gasteiger partial charge in [-0.15, -0.1) is 0 Å². The lowest BCUT2D eigenvalue weighted by atomic mass is 10.0. The van der Waals surface area contributed by atoms with Crippen LogP contribution in [-0.2, 0) is 14.4 Å². The van der Waals surface area contributed by atoms with Crippen LogP contribution >= 0.6 is 57.4 Å². The SMILES string of the molecule is O=C(O)COc1c(I)cc(C=C2C(=O)N(c3ccccc3)C(=S)N(c3ccccc3)C2=O)cc1I. The second kappa shape index (κ2) is 10.8. The summed E-state index contributed by atoms with van der Waals surface area (Å²) in [7, 11) is 0. The largest absolute Gasteiger partial charge is 0.480 e. The van der Waals surface area contributed by atoms with Gasteiger partial charge in [0.05, 0.1) is 18.5 Å². The van der Waals surface area contributed by atoms with E-state index in [2.05, 4.69) is 0 Å². The Kier molecular flexibility index (Phi) is 7.82. The molecule has 1 aliphatic rings. The Hall–Kier alpha value is -2.84. The third-order valence-corrected chi connectivity index (χ3v) is 6.92. The van der Waals surface area contributed by atoms with Crippen molar-refractivity contribution in [3.8, 4) is 5.75 Å². The minimum atomic E-state index is -1.08. The van der Waals surface area contributed by atoms with E-state index in [0.29, 0.717) is 29.8 Å². The fraction of sp³-hybridized carbons (Fsp3) is 0.0400. The van der Waals surface area contributed by atoms with Crippen LogP contribution in [0.15, 0.2) is 78.4 Å². The predicted octanol–water partition coefficient (Wildman–Crippen LogP) is 5.11. The fourth-order valence-electron chi connectivity index (χ4n) is 3.44. The number of hydrogen-bond acceptors (Lipinski definition) is 5. The molecule has 1 N–H and O–H groups in total.